The number of nitrogens with one attached hydrogen (secondary N) is 2. The Morgan fingerprint density at radius 3 is 2.50 bits per heavy atom. The molecule has 0 atom stereocenters. The van der Waals surface area contributed by atoms with Gasteiger partial charge in [-0.15, -0.1) is 0 Å². The molecule has 18 heavy (non-hydrogen) atoms. The first kappa shape index (κ1) is 15.9. The minimum atomic E-state index is -3.06. The van der Waals surface area contributed by atoms with Gasteiger partial charge in [0.05, 0.1) is 5.75 Å². The predicted octanol–water partition coefficient (Wildman–Crippen LogP) is 0.247. The van der Waals surface area contributed by atoms with Gasteiger partial charge in [-0.3, -0.25) is 0 Å². The second-order valence-electron chi connectivity index (χ2n) is 5.37. The van der Waals surface area contributed by atoms with Crippen molar-refractivity contribution in [3.8, 4) is 0 Å². The molecule has 0 aromatic rings. The zero-order valence-electron chi connectivity index (χ0n) is 11.6. The van der Waals surface area contributed by atoms with Gasteiger partial charge in [0, 0.05) is 32.7 Å². The molecule has 0 saturated carbocycles. The number of hydrogen-bond acceptors (Lipinski definition) is 4. The Morgan fingerprint density at radius 1 is 1.22 bits per heavy atom. The van der Waals surface area contributed by atoms with Crippen LogP contribution in [0.2, 0.25) is 0 Å². The van der Waals surface area contributed by atoms with Crippen LogP contribution >= 0.6 is 0 Å². The molecule has 108 valence electrons. The fourth-order valence-corrected chi connectivity index (χ4v) is 3.57. The summed E-state index contributed by atoms with van der Waals surface area (Å²) in [5.74, 6) is 0.411. The number of piperazine rings is 1. The maximum atomic E-state index is 11.6. The van der Waals surface area contributed by atoms with E-state index in [9.17, 15) is 8.42 Å². The average Bonchev–Trinajstić information content (AvgIpc) is 2.28. The van der Waals surface area contributed by atoms with Gasteiger partial charge in [0.15, 0.2) is 0 Å². The summed E-state index contributed by atoms with van der Waals surface area (Å²) in [7, 11) is -3.06. The minimum absolute atomic E-state index is 0.184. The summed E-state index contributed by atoms with van der Waals surface area (Å²) in [4.78, 5) is 2.43. The zero-order chi connectivity index (χ0) is 13.4. The van der Waals surface area contributed by atoms with Gasteiger partial charge in [-0.05, 0) is 25.3 Å². The predicted molar refractivity (Wildman–Crippen MR) is 75.2 cm³/mol. The number of unbranched alkanes of at least 4 members (excludes halogenated alkanes) is 1. The van der Waals surface area contributed by atoms with Gasteiger partial charge in [0.1, 0.15) is 0 Å². The molecule has 1 saturated heterocycles. The first-order valence-electron chi connectivity index (χ1n) is 6.90. The van der Waals surface area contributed by atoms with Gasteiger partial charge >= 0.3 is 0 Å². The van der Waals surface area contributed by atoms with Crippen LogP contribution in [0.25, 0.3) is 0 Å². The van der Waals surface area contributed by atoms with Crippen molar-refractivity contribution in [1.82, 2.24) is 14.9 Å². The summed E-state index contributed by atoms with van der Waals surface area (Å²) in [5, 5.41) is 3.32. The Hall–Kier alpha value is -0.170. The van der Waals surface area contributed by atoms with Crippen LogP contribution in [0.15, 0.2) is 0 Å². The molecule has 0 bridgehead atoms. The van der Waals surface area contributed by atoms with E-state index in [0.29, 0.717) is 6.54 Å². The Labute approximate surface area is 111 Å². The van der Waals surface area contributed by atoms with Gasteiger partial charge in [-0.2, -0.15) is 0 Å². The molecule has 0 aliphatic carbocycles. The highest BCUT2D eigenvalue weighted by Gasteiger charge is 2.12. The molecule has 0 spiro atoms. The van der Waals surface area contributed by atoms with Crippen LogP contribution in [0.3, 0.4) is 0 Å². The quantitative estimate of drug-likeness (QED) is 0.624. The second-order valence-corrected chi connectivity index (χ2v) is 7.22. The lowest BCUT2D eigenvalue weighted by Crippen LogP contribution is -2.43. The van der Waals surface area contributed by atoms with Crippen LogP contribution in [0.1, 0.15) is 26.7 Å². The Balaban J connectivity index is 2.04. The van der Waals surface area contributed by atoms with Gasteiger partial charge in [-0.1, -0.05) is 13.8 Å². The van der Waals surface area contributed by atoms with Crippen LogP contribution in [-0.4, -0.2) is 58.3 Å². The average molecular weight is 277 g/mol. The van der Waals surface area contributed by atoms with Crippen LogP contribution in [0, 0.1) is 5.92 Å². The lowest BCUT2D eigenvalue weighted by Gasteiger charge is -2.27. The molecule has 0 aromatic carbocycles. The number of hydrogen-bond donors (Lipinski definition) is 2. The summed E-state index contributed by atoms with van der Waals surface area (Å²) >= 11 is 0. The molecule has 1 aliphatic rings. The topological polar surface area (TPSA) is 61.4 Å². The second kappa shape index (κ2) is 8.09. The van der Waals surface area contributed by atoms with Crippen molar-refractivity contribution in [2.24, 2.45) is 5.92 Å². The van der Waals surface area contributed by atoms with Crippen molar-refractivity contribution >= 4 is 10.0 Å². The van der Waals surface area contributed by atoms with E-state index < -0.39 is 10.0 Å². The summed E-state index contributed by atoms with van der Waals surface area (Å²) in [5.41, 5.74) is 0. The number of sulfonamides is 1. The van der Waals surface area contributed by atoms with E-state index in [-0.39, 0.29) is 11.7 Å². The Kier molecular flexibility index (Phi) is 7.14. The Morgan fingerprint density at radius 2 is 1.89 bits per heavy atom. The smallest absolute Gasteiger partial charge is 0.211 e. The van der Waals surface area contributed by atoms with E-state index in [1.807, 2.05) is 13.8 Å². The van der Waals surface area contributed by atoms with E-state index in [2.05, 4.69) is 14.9 Å². The van der Waals surface area contributed by atoms with E-state index >= 15 is 0 Å². The molecule has 0 aromatic heterocycles. The van der Waals surface area contributed by atoms with Crippen LogP contribution < -0.4 is 10.0 Å². The Bertz CT molecular complexity index is 311. The molecule has 2 N–H and O–H groups in total. The van der Waals surface area contributed by atoms with Gasteiger partial charge in [0.25, 0.3) is 0 Å². The van der Waals surface area contributed by atoms with Crippen molar-refractivity contribution in [3.05, 3.63) is 0 Å². The molecule has 1 heterocycles. The molecule has 0 radical (unpaired) electrons. The molecule has 1 fully saturated rings. The molecule has 0 amide bonds. The summed E-state index contributed by atoms with van der Waals surface area (Å²) in [6, 6.07) is 0. The third kappa shape index (κ3) is 7.31. The molecule has 1 aliphatic heterocycles. The highest BCUT2D eigenvalue weighted by Crippen LogP contribution is 1.99. The van der Waals surface area contributed by atoms with E-state index in [1.165, 1.54) is 0 Å². The van der Waals surface area contributed by atoms with E-state index in [1.54, 1.807) is 0 Å². The van der Waals surface area contributed by atoms with Gasteiger partial charge < -0.3 is 10.2 Å². The molecular formula is C12H27N3O2S. The third-order valence-electron chi connectivity index (χ3n) is 2.99. The third-order valence-corrected chi connectivity index (χ3v) is 4.73. The number of rotatable bonds is 8. The van der Waals surface area contributed by atoms with Crippen molar-refractivity contribution in [2.45, 2.75) is 26.7 Å². The fraction of sp³-hybridized carbons (Fsp3) is 1.00. The lowest BCUT2D eigenvalue weighted by molar-refractivity contribution is 0.237. The van der Waals surface area contributed by atoms with Crippen LogP contribution in [-0.2, 0) is 10.0 Å². The van der Waals surface area contributed by atoms with Crippen molar-refractivity contribution < 1.29 is 8.42 Å². The summed E-state index contributed by atoms with van der Waals surface area (Å²) < 4.78 is 25.8. The maximum absolute atomic E-state index is 11.6. The van der Waals surface area contributed by atoms with E-state index in [0.717, 1.165) is 45.6 Å². The lowest BCUT2D eigenvalue weighted by atomic mass is 10.2. The number of nitrogens with zero attached hydrogens (tertiary/aromatic N) is 1. The normalized spacial score (nSPS) is 18.4. The SMILES string of the molecule is CC(C)CS(=O)(=O)NCCCCN1CCNCC1. The first-order chi connectivity index (χ1) is 8.49. The van der Waals surface area contributed by atoms with Crippen molar-refractivity contribution in [2.75, 3.05) is 45.0 Å². The molecule has 0 unspecified atom stereocenters. The fourth-order valence-electron chi connectivity index (χ4n) is 2.12. The first-order valence-corrected chi connectivity index (χ1v) is 8.55. The summed E-state index contributed by atoms with van der Waals surface area (Å²) in [6.45, 7) is 9.85. The summed E-state index contributed by atoms with van der Waals surface area (Å²) in [6.07, 6.45) is 1.98. The molecule has 6 heteroatoms. The maximum Gasteiger partial charge on any atom is 0.211 e. The zero-order valence-corrected chi connectivity index (χ0v) is 12.4. The molecule has 5 nitrogen and oxygen atoms in total. The van der Waals surface area contributed by atoms with Gasteiger partial charge in [-0.25, -0.2) is 13.1 Å². The molecule has 1 rings (SSSR count). The standard InChI is InChI=1S/C12H27N3O2S/c1-12(2)11-18(16,17)14-5-3-4-8-15-9-6-13-7-10-15/h12-14H,3-11H2,1-2H3. The van der Waals surface area contributed by atoms with E-state index in [4.69, 9.17) is 0 Å². The monoisotopic (exact) mass is 277 g/mol. The van der Waals surface area contributed by atoms with Crippen molar-refractivity contribution in [3.63, 3.8) is 0 Å². The molecular weight excluding hydrogens is 250 g/mol. The minimum Gasteiger partial charge on any atom is -0.314 e. The van der Waals surface area contributed by atoms with Crippen LogP contribution in [0.5, 0.6) is 0 Å². The van der Waals surface area contributed by atoms with Gasteiger partial charge in [0.2, 0.25) is 10.0 Å². The highest BCUT2D eigenvalue weighted by molar-refractivity contribution is 7.89. The van der Waals surface area contributed by atoms with Crippen molar-refractivity contribution in [1.29, 1.82) is 0 Å². The van der Waals surface area contributed by atoms with Crippen LogP contribution in [0.4, 0.5) is 0 Å². The highest BCUT2D eigenvalue weighted by atomic mass is 32.2. The largest absolute Gasteiger partial charge is 0.314 e.